The zero-order valence-corrected chi connectivity index (χ0v) is 18.6. The lowest BCUT2D eigenvalue weighted by Crippen LogP contribution is -2.26. The fraction of sp³-hybridized carbons (Fsp3) is 0.522. The van der Waals surface area contributed by atoms with Gasteiger partial charge in [-0.1, -0.05) is 6.92 Å². The fourth-order valence-corrected chi connectivity index (χ4v) is 3.65. The monoisotopic (exact) mass is 447 g/mol. The van der Waals surface area contributed by atoms with Crippen molar-refractivity contribution in [2.24, 2.45) is 0 Å². The molecule has 0 unspecified atom stereocenters. The highest BCUT2D eigenvalue weighted by molar-refractivity contribution is 5.96. The van der Waals surface area contributed by atoms with Crippen LogP contribution in [0.1, 0.15) is 58.3 Å². The lowest BCUT2D eigenvalue weighted by Gasteiger charge is -2.10. The molecule has 32 heavy (non-hydrogen) atoms. The van der Waals surface area contributed by atoms with Crippen LogP contribution in [0.25, 0.3) is 0 Å². The predicted molar refractivity (Wildman–Crippen MR) is 116 cm³/mol. The van der Waals surface area contributed by atoms with Crippen molar-refractivity contribution >= 4 is 11.9 Å². The summed E-state index contributed by atoms with van der Waals surface area (Å²) in [5.41, 5.74) is 2.14. The van der Waals surface area contributed by atoms with Crippen molar-refractivity contribution in [3.63, 3.8) is 0 Å². The van der Waals surface area contributed by atoms with Gasteiger partial charge in [0.15, 0.2) is 0 Å². The van der Waals surface area contributed by atoms with Gasteiger partial charge in [-0.05, 0) is 37.8 Å². The Kier molecular flexibility index (Phi) is 8.61. The summed E-state index contributed by atoms with van der Waals surface area (Å²) in [7, 11) is 1.43. The molecule has 174 valence electrons. The number of carbonyl (C=O) groups is 2. The van der Waals surface area contributed by atoms with E-state index in [0.717, 1.165) is 30.3 Å². The molecule has 2 aromatic rings. The molecule has 0 fully saturated rings. The number of nitrogens with one attached hydrogen (secondary N) is 1. The number of ether oxygens (including phenoxy) is 3. The third-order valence-corrected chi connectivity index (χ3v) is 5.29. The molecule has 1 aromatic carbocycles. The van der Waals surface area contributed by atoms with Crippen molar-refractivity contribution in [2.45, 2.75) is 45.6 Å². The second-order valence-corrected chi connectivity index (χ2v) is 7.51. The van der Waals surface area contributed by atoms with E-state index in [4.69, 9.17) is 14.2 Å². The maximum absolute atomic E-state index is 14.0. The molecule has 1 aromatic heterocycles. The largest absolute Gasteiger partial charge is 0.497 e. The van der Waals surface area contributed by atoms with Gasteiger partial charge in [-0.3, -0.25) is 9.48 Å². The molecule has 1 amide bonds. The average molecular weight is 448 g/mol. The number of carbonyl (C=O) groups excluding carboxylic acids is 2. The smallest absolute Gasteiger partial charge is 0.341 e. The number of halogens is 1. The van der Waals surface area contributed by atoms with E-state index in [1.165, 1.54) is 19.2 Å². The number of aryl methyl sites for hydroxylation is 2. The lowest BCUT2D eigenvalue weighted by molar-refractivity contribution is 0.0489. The van der Waals surface area contributed by atoms with E-state index in [-0.39, 0.29) is 18.1 Å². The normalized spacial score (nSPS) is 14.8. The molecule has 2 heterocycles. The first-order valence-electron chi connectivity index (χ1n) is 11.0. The molecule has 3 rings (SSSR count). The molecule has 1 aliphatic rings. The Bertz CT molecular complexity index is 944. The minimum atomic E-state index is -0.726. The van der Waals surface area contributed by atoms with E-state index in [1.54, 1.807) is 0 Å². The Balaban J connectivity index is 1.64. The minimum Gasteiger partial charge on any atom is -0.497 e. The minimum absolute atomic E-state index is 0.105. The molecule has 8 nitrogen and oxygen atoms in total. The van der Waals surface area contributed by atoms with Gasteiger partial charge in [-0.2, -0.15) is 5.10 Å². The Hall–Kier alpha value is -2.94. The topological polar surface area (TPSA) is 91.7 Å². The van der Waals surface area contributed by atoms with Gasteiger partial charge < -0.3 is 19.5 Å². The summed E-state index contributed by atoms with van der Waals surface area (Å²) in [6, 6.07) is 4.00. The van der Waals surface area contributed by atoms with Gasteiger partial charge in [-0.15, -0.1) is 0 Å². The van der Waals surface area contributed by atoms with Crippen LogP contribution in [-0.4, -0.2) is 55.1 Å². The first-order chi connectivity index (χ1) is 15.5. The van der Waals surface area contributed by atoms with E-state index >= 15 is 0 Å². The Labute approximate surface area is 187 Å². The van der Waals surface area contributed by atoms with Crippen LogP contribution >= 0.6 is 0 Å². The second kappa shape index (κ2) is 11.6. The van der Waals surface area contributed by atoms with Crippen LogP contribution in [0.15, 0.2) is 18.2 Å². The number of hydrogen-bond donors (Lipinski definition) is 1. The van der Waals surface area contributed by atoms with E-state index in [0.29, 0.717) is 56.9 Å². The summed E-state index contributed by atoms with van der Waals surface area (Å²) < 4.78 is 31.7. The number of nitrogens with zero attached hydrogens (tertiary/aromatic N) is 2. The molecular weight excluding hydrogens is 417 g/mol. The number of rotatable bonds is 7. The van der Waals surface area contributed by atoms with Crippen molar-refractivity contribution in [2.75, 3.05) is 33.5 Å². The molecular formula is C23H30FN3O5. The number of amides is 1. The molecule has 9 heteroatoms. The zero-order valence-electron chi connectivity index (χ0n) is 18.6. The van der Waals surface area contributed by atoms with Crippen LogP contribution in [0.2, 0.25) is 0 Å². The summed E-state index contributed by atoms with van der Waals surface area (Å²) in [5.74, 6) is -1.19. The lowest BCUT2D eigenvalue weighted by atomic mass is 10.1. The molecule has 0 atom stereocenters. The molecule has 0 saturated heterocycles. The first-order valence-corrected chi connectivity index (χ1v) is 11.0. The van der Waals surface area contributed by atoms with Gasteiger partial charge in [0.25, 0.3) is 5.91 Å². The molecule has 0 saturated carbocycles. The van der Waals surface area contributed by atoms with Crippen molar-refractivity contribution < 1.29 is 28.2 Å². The fourth-order valence-electron chi connectivity index (χ4n) is 3.65. The molecule has 1 aliphatic heterocycles. The Morgan fingerprint density at radius 3 is 2.88 bits per heavy atom. The summed E-state index contributed by atoms with van der Waals surface area (Å²) in [5, 5.41) is 7.59. The summed E-state index contributed by atoms with van der Waals surface area (Å²) in [6.07, 6.45) is 3.37. The number of fused-ring (bicyclic) bond motifs is 1. The SMILES string of the molecule is CCc1nn(CCCOC(=O)c2ccc(OC)cc2F)c2c1C(=O)NCCCOCCC2. The number of methoxy groups -OCH3 is 1. The van der Waals surface area contributed by atoms with Gasteiger partial charge >= 0.3 is 5.97 Å². The highest BCUT2D eigenvalue weighted by atomic mass is 19.1. The van der Waals surface area contributed by atoms with Crippen LogP contribution in [0, 0.1) is 5.82 Å². The third-order valence-electron chi connectivity index (χ3n) is 5.29. The number of aromatic nitrogens is 2. The van der Waals surface area contributed by atoms with E-state index in [2.05, 4.69) is 10.4 Å². The van der Waals surface area contributed by atoms with Crippen LogP contribution in [-0.2, 0) is 28.9 Å². The van der Waals surface area contributed by atoms with Gasteiger partial charge in [0.1, 0.15) is 11.6 Å². The van der Waals surface area contributed by atoms with Crippen LogP contribution in [0.5, 0.6) is 5.75 Å². The van der Waals surface area contributed by atoms with Crippen LogP contribution in [0.4, 0.5) is 4.39 Å². The van der Waals surface area contributed by atoms with Crippen molar-refractivity contribution in [1.29, 1.82) is 0 Å². The molecule has 0 radical (unpaired) electrons. The van der Waals surface area contributed by atoms with Gasteiger partial charge in [0.05, 0.1) is 36.2 Å². The molecule has 0 aliphatic carbocycles. The second-order valence-electron chi connectivity index (χ2n) is 7.51. The van der Waals surface area contributed by atoms with Crippen LogP contribution in [0.3, 0.4) is 0 Å². The highest BCUT2D eigenvalue weighted by Gasteiger charge is 2.23. The summed E-state index contributed by atoms with van der Waals surface area (Å²) in [6.45, 7) is 4.38. The number of esters is 1. The van der Waals surface area contributed by atoms with Crippen molar-refractivity contribution in [1.82, 2.24) is 15.1 Å². The van der Waals surface area contributed by atoms with Crippen LogP contribution < -0.4 is 10.1 Å². The standard InChI is InChI=1S/C23H30FN3O5/c1-3-19-21-20(7-4-12-31-13-5-10-25-22(21)28)27(26-19)11-6-14-32-23(29)17-9-8-16(30-2)15-18(17)24/h8-9,15H,3-7,10-14H2,1-2H3,(H,25,28). The molecule has 1 N–H and O–H groups in total. The average Bonchev–Trinajstić information content (AvgIpc) is 3.13. The van der Waals surface area contributed by atoms with Gasteiger partial charge in [-0.25, -0.2) is 9.18 Å². The molecule has 0 spiro atoms. The van der Waals surface area contributed by atoms with E-state index < -0.39 is 11.8 Å². The predicted octanol–water partition coefficient (Wildman–Crippen LogP) is 2.92. The first kappa shape index (κ1) is 23.7. The maximum Gasteiger partial charge on any atom is 0.341 e. The summed E-state index contributed by atoms with van der Waals surface area (Å²) >= 11 is 0. The number of hydrogen-bond acceptors (Lipinski definition) is 6. The van der Waals surface area contributed by atoms with E-state index in [1.807, 2.05) is 11.6 Å². The zero-order chi connectivity index (χ0) is 22.9. The third kappa shape index (κ3) is 5.85. The van der Waals surface area contributed by atoms with Crippen molar-refractivity contribution in [3.8, 4) is 5.75 Å². The highest BCUT2D eigenvalue weighted by Crippen LogP contribution is 2.20. The quantitative estimate of drug-likeness (QED) is 0.518. The number of benzene rings is 1. The maximum atomic E-state index is 14.0. The Morgan fingerprint density at radius 2 is 2.12 bits per heavy atom. The van der Waals surface area contributed by atoms with Gasteiger partial charge in [0, 0.05) is 38.8 Å². The molecule has 0 bridgehead atoms. The summed E-state index contributed by atoms with van der Waals surface area (Å²) in [4.78, 5) is 25.0. The van der Waals surface area contributed by atoms with Crippen molar-refractivity contribution in [3.05, 3.63) is 46.5 Å². The Morgan fingerprint density at radius 1 is 1.31 bits per heavy atom. The van der Waals surface area contributed by atoms with E-state index in [9.17, 15) is 14.0 Å². The van der Waals surface area contributed by atoms with Gasteiger partial charge in [0.2, 0.25) is 0 Å².